The van der Waals surface area contributed by atoms with Gasteiger partial charge in [0, 0.05) is 5.57 Å². The molecule has 0 bridgehead atoms. The van der Waals surface area contributed by atoms with Crippen LogP contribution < -0.4 is 0 Å². The molecule has 0 N–H and O–H groups in total. The van der Waals surface area contributed by atoms with Gasteiger partial charge in [-0.1, -0.05) is 43.1 Å². The number of allylic oxidation sites excluding steroid dienone is 1. The van der Waals surface area contributed by atoms with E-state index < -0.39 is 0 Å². The summed E-state index contributed by atoms with van der Waals surface area (Å²) in [6.07, 6.45) is 2.53. The van der Waals surface area contributed by atoms with Gasteiger partial charge in [-0.15, -0.1) is 0 Å². The molecule has 1 aromatic rings. The van der Waals surface area contributed by atoms with Crippen LogP contribution in [0.5, 0.6) is 0 Å². The van der Waals surface area contributed by atoms with E-state index in [0.717, 1.165) is 36.0 Å². The Labute approximate surface area is 129 Å². The Morgan fingerprint density at radius 3 is 2.55 bits per heavy atom. The molecule has 0 aliphatic heterocycles. The fourth-order valence-electron chi connectivity index (χ4n) is 2.60. The van der Waals surface area contributed by atoms with Gasteiger partial charge in [0.05, 0.1) is 17.2 Å². The van der Waals surface area contributed by atoms with Crippen molar-refractivity contribution in [3.05, 3.63) is 39.4 Å². The van der Waals surface area contributed by atoms with Crippen molar-refractivity contribution in [2.75, 3.05) is 7.11 Å². The Morgan fingerprint density at radius 2 is 1.95 bits per heavy atom. The van der Waals surface area contributed by atoms with Crippen LogP contribution in [0.1, 0.15) is 38.7 Å². The zero-order chi connectivity index (χ0) is 14.9. The monoisotopic (exact) mass is 312 g/mol. The van der Waals surface area contributed by atoms with Crippen molar-refractivity contribution in [1.29, 1.82) is 0 Å². The summed E-state index contributed by atoms with van der Waals surface area (Å²) in [5.41, 5.74) is 2.89. The first-order valence-electron chi connectivity index (χ1n) is 6.60. The minimum atomic E-state index is -0.249. The molecule has 2 nitrogen and oxygen atoms in total. The SMILES string of the molecule is COC(=O)C1=C(c2ccc(Cl)c(Cl)c2)CC(C)(C)CC1. The largest absolute Gasteiger partial charge is 0.466 e. The van der Waals surface area contributed by atoms with Gasteiger partial charge in [-0.2, -0.15) is 0 Å². The molecule has 0 heterocycles. The summed E-state index contributed by atoms with van der Waals surface area (Å²) >= 11 is 12.1. The number of methoxy groups -OCH3 is 1. The summed E-state index contributed by atoms with van der Waals surface area (Å²) in [6, 6.07) is 5.50. The van der Waals surface area contributed by atoms with Gasteiger partial charge in [0.25, 0.3) is 0 Å². The minimum Gasteiger partial charge on any atom is -0.466 e. The number of hydrogen-bond acceptors (Lipinski definition) is 2. The lowest BCUT2D eigenvalue weighted by Crippen LogP contribution is -2.21. The van der Waals surface area contributed by atoms with Gasteiger partial charge in [0.15, 0.2) is 0 Å². The van der Waals surface area contributed by atoms with E-state index in [1.54, 1.807) is 6.07 Å². The van der Waals surface area contributed by atoms with Crippen LogP contribution in [0.25, 0.3) is 5.57 Å². The van der Waals surface area contributed by atoms with E-state index >= 15 is 0 Å². The second-order valence-electron chi connectivity index (χ2n) is 5.92. The molecule has 20 heavy (non-hydrogen) atoms. The number of benzene rings is 1. The Morgan fingerprint density at radius 1 is 1.25 bits per heavy atom. The lowest BCUT2D eigenvalue weighted by atomic mass is 9.72. The molecule has 0 aromatic heterocycles. The van der Waals surface area contributed by atoms with Gasteiger partial charge in [0.2, 0.25) is 0 Å². The summed E-state index contributed by atoms with van der Waals surface area (Å²) in [4.78, 5) is 12.0. The predicted molar refractivity (Wildman–Crippen MR) is 83.0 cm³/mol. The van der Waals surface area contributed by atoms with Crippen LogP contribution in [-0.2, 0) is 9.53 Å². The molecule has 0 spiro atoms. The molecule has 1 aromatic carbocycles. The molecule has 0 amide bonds. The summed E-state index contributed by atoms with van der Waals surface area (Å²) in [5, 5.41) is 1.02. The van der Waals surface area contributed by atoms with Crippen LogP contribution in [0.3, 0.4) is 0 Å². The number of ether oxygens (including phenoxy) is 1. The van der Waals surface area contributed by atoms with E-state index in [0.29, 0.717) is 10.0 Å². The highest BCUT2D eigenvalue weighted by molar-refractivity contribution is 6.42. The van der Waals surface area contributed by atoms with Crippen LogP contribution in [0, 0.1) is 5.41 Å². The quantitative estimate of drug-likeness (QED) is 0.708. The molecule has 108 valence electrons. The average molecular weight is 313 g/mol. The Balaban J connectivity index is 2.53. The van der Waals surface area contributed by atoms with Crippen LogP contribution in [0.4, 0.5) is 0 Å². The molecule has 1 aliphatic carbocycles. The summed E-state index contributed by atoms with van der Waals surface area (Å²) in [6.45, 7) is 4.41. The third-order valence-electron chi connectivity index (χ3n) is 3.77. The molecule has 0 fully saturated rings. The van der Waals surface area contributed by atoms with Crippen molar-refractivity contribution in [2.24, 2.45) is 5.41 Å². The second-order valence-corrected chi connectivity index (χ2v) is 6.73. The van der Waals surface area contributed by atoms with E-state index in [2.05, 4.69) is 13.8 Å². The van der Waals surface area contributed by atoms with Gasteiger partial charge >= 0.3 is 5.97 Å². The van der Waals surface area contributed by atoms with Crippen LogP contribution in [0.2, 0.25) is 10.0 Å². The fourth-order valence-corrected chi connectivity index (χ4v) is 2.89. The first kappa shape index (κ1) is 15.4. The molecule has 2 rings (SSSR count). The van der Waals surface area contributed by atoms with E-state index in [4.69, 9.17) is 27.9 Å². The first-order valence-corrected chi connectivity index (χ1v) is 7.35. The van der Waals surface area contributed by atoms with E-state index in [1.807, 2.05) is 12.1 Å². The summed E-state index contributed by atoms with van der Waals surface area (Å²) in [5.74, 6) is -0.249. The molecule has 0 saturated carbocycles. The average Bonchev–Trinajstić information content (AvgIpc) is 2.40. The molecule has 4 heteroatoms. The normalized spacial score (nSPS) is 18.1. The van der Waals surface area contributed by atoms with Crippen molar-refractivity contribution >= 4 is 34.7 Å². The molecular formula is C16H18Cl2O2. The highest BCUT2D eigenvalue weighted by atomic mass is 35.5. The van der Waals surface area contributed by atoms with Crippen molar-refractivity contribution in [3.63, 3.8) is 0 Å². The van der Waals surface area contributed by atoms with E-state index in [1.165, 1.54) is 7.11 Å². The van der Waals surface area contributed by atoms with Crippen LogP contribution >= 0.6 is 23.2 Å². The van der Waals surface area contributed by atoms with Gasteiger partial charge in [-0.05, 0) is 47.9 Å². The number of carbonyl (C=O) groups is 1. The maximum Gasteiger partial charge on any atom is 0.334 e. The maximum atomic E-state index is 12.0. The second kappa shape index (κ2) is 5.79. The molecular weight excluding hydrogens is 295 g/mol. The number of hydrogen-bond donors (Lipinski definition) is 0. The molecule has 1 aliphatic rings. The molecule has 0 radical (unpaired) electrons. The smallest absolute Gasteiger partial charge is 0.334 e. The number of carbonyl (C=O) groups excluding carboxylic acids is 1. The number of halogens is 2. The van der Waals surface area contributed by atoms with Gasteiger partial charge in [0.1, 0.15) is 0 Å². The summed E-state index contributed by atoms with van der Waals surface area (Å²) in [7, 11) is 1.42. The van der Waals surface area contributed by atoms with Crippen LogP contribution in [0.15, 0.2) is 23.8 Å². The number of rotatable bonds is 2. The third-order valence-corrected chi connectivity index (χ3v) is 4.51. The lowest BCUT2D eigenvalue weighted by Gasteiger charge is -2.32. The van der Waals surface area contributed by atoms with Crippen molar-refractivity contribution < 1.29 is 9.53 Å². The van der Waals surface area contributed by atoms with Crippen molar-refractivity contribution in [2.45, 2.75) is 33.1 Å². The zero-order valence-corrected chi connectivity index (χ0v) is 13.4. The number of esters is 1. The highest BCUT2D eigenvalue weighted by Crippen LogP contribution is 2.44. The molecule has 0 atom stereocenters. The van der Waals surface area contributed by atoms with E-state index in [-0.39, 0.29) is 11.4 Å². The predicted octanol–water partition coefficient (Wildman–Crippen LogP) is 5.13. The molecule has 0 saturated heterocycles. The summed E-state index contributed by atoms with van der Waals surface area (Å²) < 4.78 is 4.91. The highest BCUT2D eigenvalue weighted by Gasteiger charge is 2.31. The maximum absolute atomic E-state index is 12.0. The Hall–Kier alpha value is -0.990. The first-order chi connectivity index (χ1) is 9.34. The Kier molecular flexibility index (Phi) is 4.46. The third kappa shape index (κ3) is 3.18. The van der Waals surface area contributed by atoms with Gasteiger partial charge in [-0.25, -0.2) is 4.79 Å². The topological polar surface area (TPSA) is 26.3 Å². The standard InChI is InChI=1S/C16H18Cl2O2/c1-16(2)7-6-11(15(19)20-3)12(9-16)10-4-5-13(17)14(18)8-10/h4-5,8H,6-7,9H2,1-3H3. The Bertz CT molecular complexity index is 574. The van der Waals surface area contributed by atoms with Gasteiger partial charge in [-0.3, -0.25) is 0 Å². The zero-order valence-electron chi connectivity index (χ0n) is 11.9. The van der Waals surface area contributed by atoms with Crippen molar-refractivity contribution in [3.8, 4) is 0 Å². The fraction of sp³-hybridized carbons (Fsp3) is 0.438. The van der Waals surface area contributed by atoms with Gasteiger partial charge < -0.3 is 4.74 Å². The van der Waals surface area contributed by atoms with Crippen LogP contribution in [-0.4, -0.2) is 13.1 Å². The van der Waals surface area contributed by atoms with Crippen molar-refractivity contribution in [1.82, 2.24) is 0 Å². The molecule has 0 unspecified atom stereocenters. The van der Waals surface area contributed by atoms with E-state index in [9.17, 15) is 4.79 Å². The lowest BCUT2D eigenvalue weighted by molar-refractivity contribution is -0.136. The minimum absolute atomic E-state index is 0.166.